The molecule has 2 N–H and O–H groups in total. The van der Waals surface area contributed by atoms with Crippen LogP contribution in [0, 0.1) is 5.92 Å². The van der Waals surface area contributed by atoms with Gasteiger partial charge in [-0.25, -0.2) is 4.79 Å². The Bertz CT molecular complexity index is 335. The third-order valence-electron chi connectivity index (χ3n) is 3.78. The molecule has 0 saturated heterocycles. The normalized spacial score (nSPS) is 19.0. The fraction of sp³-hybridized carbons (Fsp3) is 0.867. The molecule has 0 aliphatic heterocycles. The van der Waals surface area contributed by atoms with Crippen LogP contribution in [0.5, 0.6) is 0 Å². The van der Waals surface area contributed by atoms with Crippen LogP contribution in [0.2, 0.25) is 0 Å². The van der Waals surface area contributed by atoms with Crippen LogP contribution >= 0.6 is 0 Å². The number of amides is 1. The van der Waals surface area contributed by atoms with Crippen molar-refractivity contribution in [2.75, 3.05) is 6.61 Å². The molecule has 20 heavy (non-hydrogen) atoms. The van der Waals surface area contributed by atoms with Crippen molar-refractivity contribution in [3.8, 4) is 0 Å². The van der Waals surface area contributed by atoms with Gasteiger partial charge in [-0.05, 0) is 32.1 Å². The Labute approximate surface area is 121 Å². The number of hydrogen-bond acceptors (Lipinski definition) is 3. The molecule has 1 atom stereocenters. The van der Waals surface area contributed by atoms with E-state index in [0.29, 0.717) is 25.4 Å². The predicted octanol–water partition coefficient (Wildman–Crippen LogP) is 2.34. The van der Waals surface area contributed by atoms with E-state index < -0.39 is 11.5 Å². The molecule has 0 aromatic carbocycles. The number of rotatable bonds is 8. The van der Waals surface area contributed by atoms with Crippen molar-refractivity contribution in [2.24, 2.45) is 5.92 Å². The van der Waals surface area contributed by atoms with E-state index >= 15 is 0 Å². The summed E-state index contributed by atoms with van der Waals surface area (Å²) in [5.41, 5.74) is -1.04. The zero-order valence-corrected chi connectivity index (χ0v) is 12.8. The van der Waals surface area contributed by atoms with Crippen molar-refractivity contribution in [2.45, 2.75) is 70.9 Å². The predicted molar refractivity (Wildman–Crippen MR) is 76.5 cm³/mol. The van der Waals surface area contributed by atoms with Gasteiger partial charge in [0.1, 0.15) is 5.54 Å². The van der Waals surface area contributed by atoms with Crippen LogP contribution in [0.15, 0.2) is 0 Å². The van der Waals surface area contributed by atoms with Gasteiger partial charge in [-0.1, -0.05) is 26.7 Å². The van der Waals surface area contributed by atoms with E-state index in [2.05, 4.69) is 19.2 Å². The van der Waals surface area contributed by atoms with Crippen molar-refractivity contribution in [1.82, 2.24) is 5.32 Å². The van der Waals surface area contributed by atoms with E-state index in [0.717, 1.165) is 19.3 Å². The summed E-state index contributed by atoms with van der Waals surface area (Å²) in [7, 11) is 0. The molecule has 1 fully saturated rings. The van der Waals surface area contributed by atoms with Crippen molar-refractivity contribution in [3.63, 3.8) is 0 Å². The number of nitrogens with one attached hydrogen (secondary N) is 1. The van der Waals surface area contributed by atoms with Crippen molar-refractivity contribution < 1.29 is 19.4 Å². The molecule has 0 heterocycles. The smallest absolute Gasteiger partial charge is 0.329 e. The Morgan fingerprint density at radius 3 is 2.35 bits per heavy atom. The maximum Gasteiger partial charge on any atom is 0.329 e. The average Bonchev–Trinajstić information content (AvgIpc) is 2.77. The molecule has 1 unspecified atom stereocenters. The highest BCUT2D eigenvalue weighted by Crippen LogP contribution is 2.29. The first kappa shape index (κ1) is 17.0. The van der Waals surface area contributed by atoms with Crippen LogP contribution in [0.4, 0.5) is 0 Å². The fourth-order valence-electron chi connectivity index (χ4n) is 2.78. The lowest BCUT2D eigenvalue weighted by Gasteiger charge is -2.25. The van der Waals surface area contributed by atoms with Crippen molar-refractivity contribution in [1.29, 1.82) is 0 Å². The van der Waals surface area contributed by atoms with Gasteiger partial charge in [0, 0.05) is 6.42 Å². The summed E-state index contributed by atoms with van der Waals surface area (Å²) in [6.45, 7) is 6.59. The number of carboxylic acid groups (broad SMARTS) is 1. The van der Waals surface area contributed by atoms with Crippen LogP contribution < -0.4 is 5.32 Å². The van der Waals surface area contributed by atoms with Crippen LogP contribution in [0.1, 0.15) is 59.3 Å². The van der Waals surface area contributed by atoms with Gasteiger partial charge in [-0.3, -0.25) is 4.79 Å². The first-order valence-corrected chi connectivity index (χ1v) is 7.52. The maximum atomic E-state index is 11.9. The summed E-state index contributed by atoms with van der Waals surface area (Å²) in [5.74, 6) is -0.587. The third kappa shape index (κ3) is 5.12. The second-order valence-corrected chi connectivity index (χ2v) is 6.20. The average molecular weight is 285 g/mol. The molecule has 116 valence electrons. The molecular weight excluding hydrogens is 258 g/mol. The molecule has 5 nitrogen and oxygen atoms in total. The van der Waals surface area contributed by atoms with E-state index in [-0.39, 0.29) is 18.4 Å². The van der Waals surface area contributed by atoms with E-state index in [1.807, 2.05) is 6.92 Å². The maximum absolute atomic E-state index is 11.9. The lowest BCUT2D eigenvalue weighted by Crippen LogP contribution is -2.52. The number of carbonyl (C=O) groups excluding carboxylic acids is 1. The molecule has 0 aromatic heterocycles. The van der Waals surface area contributed by atoms with Gasteiger partial charge < -0.3 is 15.2 Å². The summed E-state index contributed by atoms with van der Waals surface area (Å²) in [5, 5.41) is 12.0. The lowest BCUT2D eigenvalue weighted by molar-refractivity contribution is -0.147. The zero-order chi connectivity index (χ0) is 15.2. The molecule has 0 radical (unpaired) electrons. The largest absolute Gasteiger partial charge is 0.480 e. The van der Waals surface area contributed by atoms with Gasteiger partial charge in [-0.15, -0.1) is 0 Å². The molecule has 5 heteroatoms. The van der Waals surface area contributed by atoms with Crippen LogP contribution in [-0.4, -0.2) is 35.2 Å². The number of ether oxygens (including phenoxy) is 1. The van der Waals surface area contributed by atoms with Gasteiger partial charge in [0.25, 0.3) is 0 Å². The Morgan fingerprint density at radius 2 is 1.85 bits per heavy atom. The molecule has 1 saturated carbocycles. The third-order valence-corrected chi connectivity index (χ3v) is 3.78. The SMILES string of the molecule is CC(C)CC(C)OCCC(=O)NC1(C(=O)O)CCCC1. The van der Waals surface area contributed by atoms with Gasteiger partial charge in [0.2, 0.25) is 5.91 Å². The molecule has 1 amide bonds. The standard InChI is InChI=1S/C15H27NO4/c1-11(2)10-12(3)20-9-6-13(17)16-15(14(18)19)7-4-5-8-15/h11-12H,4-10H2,1-3H3,(H,16,17)(H,18,19). The van der Waals surface area contributed by atoms with Gasteiger partial charge >= 0.3 is 5.97 Å². The van der Waals surface area contributed by atoms with E-state index in [1.54, 1.807) is 0 Å². The van der Waals surface area contributed by atoms with Gasteiger partial charge in [0.05, 0.1) is 12.7 Å². The van der Waals surface area contributed by atoms with Crippen LogP contribution in [0.25, 0.3) is 0 Å². The van der Waals surface area contributed by atoms with Gasteiger partial charge in [-0.2, -0.15) is 0 Å². The zero-order valence-electron chi connectivity index (χ0n) is 12.8. The minimum Gasteiger partial charge on any atom is -0.480 e. The number of carbonyl (C=O) groups is 2. The topological polar surface area (TPSA) is 75.6 Å². The Hall–Kier alpha value is -1.10. The lowest BCUT2D eigenvalue weighted by atomic mass is 9.97. The highest BCUT2D eigenvalue weighted by Gasteiger charge is 2.42. The van der Waals surface area contributed by atoms with E-state index in [1.165, 1.54) is 0 Å². The minimum absolute atomic E-state index is 0.128. The molecule has 1 rings (SSSR count). The molecule has 0 spiro atoms. The highest BCUT2D eigenvalue weighted by molar-refractivity contribution is 5.87. The second-order valence-electron chi connectivity index (χ2n) is 6.20. The molecular formula is C15H27NO4. The second kappa shape index (κ2) is 7.62. The summed E-state index contributed by atoms with van der Waals surface area (Å²) in [6.07, 6.45) is 4.07. The minimum atomic E-state index is -1.04. The monoisotopic (exact) mass is 285 g/mol. The molecule has 1 aliphatic carbocycles. The summed E-state index contributed by atoms with van der Waals surface area (Å²) >= 11 is 0. The first-order valence-electron chi connectivity index (χ1n) is 7.52. The highest BCUT2D eigenvalue weighted by atomic mass is 16.5. The molecule has 1 aliphatic rings. The molecule has 0 aromatic rings. The fourth-order valence-corrected chi connectivity index (χ4v) is 2.78. The number of hydrogen-bond donors (Lipinski definition) is 2. The summed E-state index contributed by atoms with van der Waals surface area (Å²) in [6, 6.07) is 0. The summed E-state index contributed by atoms with van der Waals surface area (Å²) < 4.78 is 5.57. The Balaban J connectivity index is 2.31. The van der Waals surface area contributed by atoms with Crippen LogP contribution in [0.3, 0.4) is 0 Å². The van der Waals surface area contributed by atoms with E-state index in [9.17, 15) is 14.7 Å². The Morgan fingerprint density at radius 1 is 1.25 bits per heavy atom. The summed E-state index contributed by atoms with van der Waals surface area (Å²) in [4.78, 5) is 23.2. The Kier molecular flexibility index (Phi) is 6.46. The van der Waals surface area contributed by atoms with Gasteiger partial charge in [0.15, 0.2) is 0 Å². The molecule has 0 bridgehead atoms. The first-order chi connectivity index (χ1) is 9.35. The number of carboxylic acids is 1. The van der Waals surface area contributed by atoms with Crippen molar-refractivity contribution >= 4 is 11.9 Å². The quantitative estimate of drug-likeness (QED) is 0.717. The van der Waals surface area contributed by atoms with Crippen molar-refractivity contribution in [3.05, 3.63) is 0 Å². The van der Waals surface area contributed by atoms with E-state index in [4.69, 9.17) is 4.74 Å². The number of aliphatic carboxylic acids is 1. The van der Waals surface area contributed by atoms with Crippen LogP contribution in [-0.2, 0) is 14.3 Å².